The maximum atomic E-state index is 4.36. The monoisotopic (exact) mass is 194 g/mol. The van der Waals surface area contributed by atoms with Crippen molar-refractivity contribution in [2.45, 2.75) is 13.8 Å². The molecule has 0 aliphatic rings. The molecule has 4 nitrogen and oxygen atoms in total. The van der Waals surface area contributed by atoms with Crippen LogP contribution in [0.25, 0.3) is 10.3 Å². The molecule has 0 aliphatic heterocycles. The molecule has 0 amide bonds. The van der Waals surface area contributed by atoms with Crippen LogP contribution < -0.4 is 5.32 Å². The third-order valence-electron chi connectivity index (χ3n) is 1.65. The summed E-state index contributed by atoms with van der Waals surface area (Å²) >= 11 is 1.59. The van der Waals surface area contributed by atoms with Gasteiger partial charge in [0.1, 0.15) is 16.7 Å². The lowest BCUT2D eigenvalue weighted by Crippen LogP contribution is -2.00. The number of fused-ring (bicyclic) bond motifs is 1. The molecule has 0 spiro atoms. The smallest absolute Gasteiger partial charge is 0.156 e. The molecule has 0 aromatic carbocycles. The molecule has 0 unspecified atom stereocenters. The molecule has 0 saturated heterocycles. The summed E-state index contributed by atoms with van der Waals surface area (Å²) in [5.41, 5.74) is 0.881. The second-order valence-electron chi connectivity index (χ2n) is 2.64. The predicted molar refractivity (Wildman–Crippen MR) is 54.1 cm³/mol. The van der Waals surface area contributed by atoms with Crippen molar-refractivity contribution in [1.82, 2.24) is 15.0 Å². The van der Waals surface area contributed by atoms with Crippen LogP contribution in [0.15, 0.2) is 6.33 Å². The first-order chi connectivity index (χ1) is 6.31. The molecule has 2 aromatic rings. The van der Waals surface area contributed by atoms with Crippen LogP contribution in [0.4, 0.5) is 5.82 Å². The number of aryl methyl sites for hydroxylation is 1. The Balaban J connectivity index is 2.60. The fourth-order valence-corrected chi connectivity index (χ4v) is 1.91. The van der Waals surface area contributed by atoms with E-state index in [9.17, 15) is 0 Å². The number of hydrogen-bond donors (Lipinski definition) is 1. The Morgan fingerprint density at radius 1 is 1.46 bits per heavy atom. The second-order valence-corrected chi connectivity index (χ2v) is 3.82. The van der Waals surface area contributed by atoms with E-state index in [1.54, 1.807) is 17.7 Å². The number of rotatable bonds is 2. The summed E-state index contributed by atoms with van der Waals surface area (Å²) in [6.45, 7) is 4.86. The SMILES string of the molecule is CCNc1ncnc2sc(C)nc12. The van der Waals surface area contributed by atoms with Gasteiger partial charge < -0.3 is 5.32 Å². The van der Waals surface area contributed by atoms with Crippen molar-refractivity contribution in [3.8, 4) is 0 Å². The van der Waals surface area contributed by atoms with Crippen LogP contribution in [0.2, 0.25) is 0 Å². The molecule has 2 rings (SSSR count). The first-order valence-corrected chi connectivity index (χ1v) is 4.95. The van der Waals surface area contributed by atoms with Crippen molar-refractivity contribution in [2.24, 2.45) is 0 Å². The van der Waals surface area contributed by atoms with Crippen molar-refractivity contribution in [2.75, 3.05) is 11.9 Å². The van der Waals surface area contributed by atoms with Crippen molar-refractivity contribution < 1.29 is 0 Å². The molecule has 0 radical (unpaired) electrons. The highest BCUT2D eigenvalue weighted by Crippen LogP contribution is 2.23. The molecule has 0 aliphatic carbocycles. The van der Waals surface area contributed by atoms with Gasteiger partial charge in [0.25, 0.3) is 0 Å². The van der Waals surface area contributed by atoms with Gasteiger partial charge in [-0.15, -0.1) is 0 Å². The Hall–Kier alpha value is -1.23. The summed E-state index contributed by atoms with van der Waals surface area (Å²) in [5, 5.41) is 4.18. The van der Waals surface area contributed by atoms with Gasteiger partial charge in [0.15, 0.2) is 5.82 Å². The van der Waals surface area contributed by atoms with Crippen molar-refractivity contribution in [3.05, 3.63) is 11.3 Å². The highest BCUT2D eigenvalue weighted by atomic mass is 32.1. The van der Waals surface area contributed by atoms with Gasteiger partial charge in [-0.05, 0) is 13.8 Å². The van der Waals surface area contributed by atoms with E-state index in [0.717, 1.165) is 27.7 Å². The first kappa shape index (κ1) is 8.37. The quantitative estimate of drug-likeness (QED) is 0.792. The molecule has 0 fully saturated rings. The molecule has 68 valence electrons. The van der Waals surface area contributed by atoms with Gasteiger partial charge in [-0.2, -0.15) is 0 Å². The summed E-state index contributed by atoms with van der Waals surface area (Å²) in [4.78, 5) is 13.6. The molecule has 0 atom stereocenters. The minimum atomic E-state index is 0.830. The minimum Gasteiger partial charge on any atom is -0.368 e. The van der Waals surface area contributed by atoms with Gasteiger partial charge in [-0.1, -0.05) is 11.3 Å². The van der Waals surface area contributed by atoms with E-state index in [2.05, 4.69) is 20.3 Å². The Labute approximate surface area is 80.1 Å². The number of aromatic nitrogens is 3. The number of nitrogens with one attached hydrogen (secondary N) is 1. The van der Waals surface area contributed by atoms with Crippen LogP contribution in [-0.4, -0.2) is 21.5 Å². The summed E-state index contributed by atoms with van der Waals surface area (Å²) in [7, 11) is 0. The molecule has 0 bridgehead atoms. The van der Waals surface area contributed by atoms with Crippen molar-refractivity contribution in [3.63, 3.8) is 0 Å². The molecule has 2 aromatic heterocycles. The van der Waals surface area contributed by atoms with E-state index in [4.69, 9.17) is 0 Å². The zero-order valence-electron chi connectivity index (χ0n) is 7.53. The Morgan fingerprint density at radius 2 is 2.31 bits per heavy atom. The highest BCUT2D eigenvalue weighted by Gasteiger charge is 2.06. The van der Waals surface area contributed by atoms with Crippen LogP contribution in [-0.2, 0) is 0 Å². The number of anilines is 1. The summed E-state index contributed by atoms with van der Waals surface area (Å²) in [6.07, 6.45) is 1.57. The number of thiazole rings is 1. The molecule has 5 heteroatoms. The van der Waals surface area contributed by atoms with Crippen LogP contribution in [0.5, 0.6) is 0 Å². The van der Waals surface area contributed by atoms with E-state index in [1.165, 1.54) is 0 Å². The first-order valence-electron chi connectivity index (χ1n) is 4.13. The molecule has 13 heavy (non-hydrogen) atoms. The maximum absolute atomic E-state index is 4.36. The standard InChI is InChI=1S/C8H10N4S/c1-3-9-7-6-8(11-4-10-7)13-5(2)12-6/h4H,3H2,1-2H3,(H,9,10,11). The van der Waals surface area contributed by atoms with Crippen molar-refractivity contribution >= 4 is 27.5 Å². The summed E-state index contributed by atoms with van der Waals surface area (Å²) in [6, 6.07) is 0. The van der Waals surface area contributed by atoms with E-state index >= 15 is 0 Å². The predicted octanol–water partition coefficient (Wildman–Crippen LogP) is 1.83. The minimum absolute atomic E-state index is 0.830. The van der Waals surface area contributed by atoms with Gasteiger partial charge >= 0.3 is 0 Å². The molecule has 1 N–H and O–H groups in total. The van der Waals surface area contributed by atoms with E-state index in [0.29, 0.717) is 0 Å². The van der Waals surface area contributed by atoms with E-state index in [-0.39, 0.29) is 0 Å². The van der Waals surface area contributed by atoms with Crippen LogP contribution in [0, 0.1) is 6.92 Å². The number of hydrogen-bond acceptors (Lipinski definition) is 5. The van der Waals surface area contributed by atoms with Crippen molar-refractivity contribution in [1.29, 1.82) is 0 Å². The second kappa shape index (κ2) is 3.26. The average molecular weight is 194 g/mol. The van der Waals surface area contributed by atoms with Crippen LogP contribution in [0.1, 0.15) is 11.9 Å². The van der Waals surface area contributed by atoms with Gasteiger partial charge in [0.2, 0.25) is 0 Å². The largest absolute Gasteiger partial charge is 0.368 e. The van der Waals surface area contributed by atoms with Crippen LogP contribution >= 0.6 is 11.3 Å². The molecular weight excluding hydrogens is 184 g/mol. The number of nitrogens with zero attached hydrogens (tertiary/aromatic N) is 3. The van der Waals surface area contributed by atoms with Gasteiger partial charge in [-0.25, -0.2) is 15.0 Å². The van der Waals surface area contributed by atoms with E-state index < -0.39 is 0 Å². The molecule has 0 saturated carbocycles. The fourth-order valence-electron chi connectivity index (χ4n) is 1.16. The normalized spacial score (nSPS) is 10.6. The van der Waals surface area contributed by atoms with Gasteiger partial charge in [-0.3, -0.25) is 0 Å². The van der Waals surface area contributed by atoms with Gasteiger partial charge in [0, 0.05) is 6.54 Å². The summed E-state index contributed by atoms with van der Waals surface area (Å²) < 4.78 is 0. The topological polar surface area (TPSA) is 50.7 Å². The lowest BCUT2D eigenvalue weighted by Gasteiger charge is -2.00. The van der Waals surface area contributed by atoms with E-state index in [1.807, 2.05) is 13.8 Å². The zero-order valence-corrected chi connectivity index (χ0v) is 8.35. The Kier molecular flexibility index (Phi) is 2.10. The lowest BCUT2D eigenvalue weighted by molar-refractivity contribution is 1.13. The maximum Gasteiger partial charge on any atom is 0.156 e. The van der Waals surface area contributed by atoms with Gasteiger partial charge in [0.05, 0.1) is 5.01 Å². The molecular formula is C8H10N4S. The fraction of sp³-hybridized carbons (Fsp3) is 0.375. The molecule has 2 heterocycles. The third kappa shape index (κ3) is 1.47. The zero-order chi connectivity index (χ0) is 9.26. The lowest BCUT2D eigenvalue weighted by atomic mass is 10.5. The van der Waals surface area contributed by atoms with Crippen LogP contribution in [0.3, 0.4) is 0 Å². The average Bonchev–Trinajstić information content (AvgIpc) is 2.47. The Bertz CT molecular complexity index is 423. The highest BCUT2D eigenvalue weighted by molar-refractivity contribution is 7.18. The Morgan fingerprint density at radius 3 is 3.08 bits per heavy atom. The third-order valence-corrected chi connectivity index (χ3v) is 2.53. The summed E-state index contributed by atoms with van der Waals surface area (Å²) in [5.74, 6) is 0.830.